The largest absolute Gasteiger partial charge is 0.308 e. The molecule has 3 heterocycles. The smallest absolute Gasteiger partial charge is 0.0702 e. The molecule has 0 amide bonds. The summed E-state index contributed by atoms with van der Waals surface area (Å²) in [5, 5.41) is 5.01. The molecule has 4 rings (SSSR count). The number of rotatable bonds is 3. The van der Waals surface area contributed by atoms with Crippen LogP contribution >= 0.6 is 0 Å². The Morgan fingerprint density at radius 3 is 3.20 bits per heavy atom. The van der Waals surface area contributed by atoms with Crippen molar-refractivity contribution in [2.75, 3.05) is 13.1 Å². The molecule has 2 aliphatic heterocycles. The number of nitrogens with one attached hydrogen (secondary N) is 1. The van der Waals surface area contributed by atoms with Crippen molar-refractivity contribution in [3.63, 3.8) is 0 Å². The summed E-state index contributed by atoms with van der Waals surface area (Å²) < 4.78 is 0. The van der Waals surface area contributed by atoms with E-state index in [1.165, 1.54) is 43.3 Å². The Labute approximate surface area is 120 Å². The van der Waals surface area contributed by atoms with Gasteiger partial charge < -0.3 is 5.32 Å². The van der Waals surface area contributed by atoms with Gasteiger partial charge in [-0.3, -0.25) is 9.88 Å². The van der Waals surface area contributed by atoms with E-state index < -0.39 is 0 Å². The molecular weight excluding hydrogens is 246 g/mol. The first-order chi connectivity index (χ1) is 9.90. The van der Waals surface area contributed by atoms with Gasteiger partial charge in [0.25, 0.3) is 0 Å². The molecule has 0 aliphatic carbocycles. The Kier molecular flexibility index (Phi) is 3.17. The van der Waals surface area contributed by atoms with E-state index in [1.807, 2.05) is 12.3 Å². The lowest BCUT2D eigenvalue weighted by molar-refractivity contribution is 0.298. The van der Waals surface area contributed by atoms with Crippen LogP contribution < -0.4 is 5.32 Å². The van der Waals surface area contributed by atoms with Gasteiger partial charge in [-0.25, -0.2) is 0 Å². The van der Waals surface area contributed by atoms with Crippen LogP contribution in [0.2, 0.25) is 0 Å². The highest BCUT2D eigenvalue weighted by molar-refractivity contribution is 5.78. The molecule has 104 valence electrons. The first-order valence-corrected chi connectivity index (χ1v) is 7.71. The summed E-state index contributed by atoms with van der Waals surface area (Å²) in [6.07, 6.45) is 5.91. The minimum atomic E-state index is 0.682. The summed E-state index contributed by atoms with van der Waals surface area (Å²) >= 11 is 0. The molecule has 3 heteroatoms. The standard InChI is InChI=1S/C17H21N3/c1-3-14-11-13(5-6-15(14)18-8-1)12-19-16-7-10-20-9-2-4-17(16)20/h1,3,5-6,8,11,16-17,19H,2,4,7,9-10,12H2. The molecule has 2 aromatic rings. The minimum absolute atomic E-state index is 0.682. The molecule has 0 radical (unpaired) electrons. The Morgan fingerprint density at radius 2 is 2.20 bits per heavy atom. The topological polar surface area (TPSA) is 28.2 Å². The molecule has 1 aromatic carbocycles. The number of benzene rings is 1. The van der Waals surface area contributed by atoms with Gasteiger partial charge in [0.15, 0.2) is 0 Å². The van der Waals surface area contributed by atoms with E-state index >= 15 is 0 Å². The number of fused-ring (bicyclic) bond motifs is 2. The zero-order valence-corrected chi connectivity index (χ0v) is 11.8. The Balaban J connectivity index is 1.45. The molecule has 2 atom stereocenters. The fourth-order valence-corrected chi connectivity index (χ4v) is 3.80. The highest BCUT2D eigenvalue weighted by Gasteiger charge is 2.36. The number of pyridine rings is 1. The van der Waals surface area contributed by atoms with Crippen LogP contribution in [0.1, 0.15) is 24.8 Å². The van der Waals surface area contributed by atoms with Crippen LogP contribution in [0, 0.1) is 0 Å². The molecular formula is C17H21N3. The minimum Gasteiger partial charge on any atom is -0.308 e. The number of hydrogen-bond donors (Lipinski definition) is 1. The summed E-state index contributed by atoms with van der Waals surface area (Å²) in [6.45, 7) is 3.56. The second-order valence-corrected chi connectivity index (χ2v) is 6.05. The van der Waals surface area contributed by atoms with Crippen molar-refractivity contribution in [3.05, 3.63) is 42.1 Å². The molecule has 1 aromatic heterocycles. The fourth-order valence-electron chi connectivity index (χ4n) is 3.80. The van der Waals surface area contributed by atoms with Gasteiger partial charge in [0, 0.05) is 36.8 Å². The highest BCUT2D eigenvalue weighted by Crippen LogP contribution is 2.28. The molecule has 0 saturated carbocycles. The molecule has 2 saturated heterocycles. The third-order valence-electron chi connectivity index (χ3n) is 4.84. The van der Waals surface area contributed by atoms with Crippen LogP contribution in [0.15, 0.2) is 36.5 Å². The van der Waals surface area contributed by atoms with Crippen molar-refractivity contribution in [1.82, 2.24) is 15.2 Å². The molecule has 0 bridgehead atoms. The fraction of sp³-hybridized carbons (Fsp3) is 0.471. The van der Waals surface area contributed by atoms with Gasteiger partial charge in [-0.15, -0.1) is 0 Å². The van der Waals surface area contributed by atoms with Crippen LogP contribution in [0.3, 0.4) is 0 Å². The average molecular weight is 267 g/mol. The summed E-state index contributed by atoms with van der Waals surface area (Å²) in [5.74, 6) is 0. The molecule has 0 spiro atoms. The van der Waals surface area contributed by atoms with Crippen molar-refractivity contribution in [3.8, 4) is 0 Å². The monoisotopic (exact) mass is 267 g/mol. The Bertz CT molecular complexity index is 610. The maximum absolute atomic E-state index is 4.38. The summed E-state index contributed by atoms with van der Waals surface area (Å²) in [6, 6.07) is 12.2. The predicted octanol–water partition coefficient (Wildman–Crippen LogP) is 2.56. The van der Waals surface area contributed by atoms with Gasteiger partial charge in [-0.1, -0.05) is 12.1 Å². The van der Waals surface area contributed by atoms with E-state index in [0.29, 0.717) is 6.04 Å². The van der Waals surface area contributed by atoms with Crippen molar-refractivity contribution >= 4 is 10.9 Å². The Morgan fingerprint density at radius 1 is 1.20 bits per heavy atom. The molecule has 2 fully saturated rings. The normalized spacial score (nSPS) is 26.2. The van der Waals surface area contributed by atoms with Gasteiger partial charge >= 0.3 is 0 Å². The van der Waals surface area contributed by atoms with Gasteiger partial charge in [-0.2, -0.15) is 0 Å². The van der Waals surface area contributed by atoms with Crippen LogP contribution in [0.5, 0.6) is 0 Å². The van der Waals surface area contributed by atoms with Crippen LogP contribution in [-0.4, -0.2) is 35.1 Å². The second kappa shape index (κ2) is 5.15. The lowest BCUT2D eigenvalue weighted by atomic mass is 10.1. The zero-order chi connectivity index (χ0) is 13.4. The van der Waals surface area contributed by atoms with Crippen molar-refractivity contribution in [2.45, 2.75) is 37.9 Å². The molecule has 1 N–H and O–H groups in total. The SMILES string of the molecule is c1cnc2ccc(CNC3CCN4CCCC34)cc2c1. The number of aromatic nitrogens is 1. The first kappa shape index (κ1) is 12.3. The average Bonchev–Trinajstić information content (AvgIpc) is 3.08. The third kappa shape index (κ3) is 2.21. The van der Waals surface area contributed by atoms with E-state index in [2.05, 4.69) is 39.5 Å². The molecule has 2 aliphatic rings. The quantitative estimate of drug-likeness (QED) is 0.926. The lowest BCUT2D eigenvalue weighted by Crippen LogP contribution is -2.38. The predicted molar refractivity (Wildman–Crippen MR) is 81.6 cm³/mol. The van der Waals surface area contributed by atoms with Crippen LogP contribution in [0.25, 0.3) is 10.9 Å². The van der Waals surface area contributed by atoms with E-state index in [9.17, 15) is 0 Å². The van der Waals surface area contributed by atoms with Gasteiger partial charge in [0.1, 0.15) is 0 Å². The van der Waals surface area contributed by atoms with E-state index in [0.717, 1.165) is 18.1 Å². The molecule has 20 heavy (non-hydrogen) atoms. The Hall–Kier alpha value is -1.45. The van der Waals surface area contributed by atoms with Crippen molar-refractivity contribution in [2.24, 2.45) is 0 Å². The van der Waals surface area contributed by atoms with Crippen molar-refractivity contribution < 1.29 is 0 Å². The second-order valence-electron chi connectivity index (χ2n) is 6.05. The van der Waals surface area contributed by atoms with Gasteiger partial charge in [0.05, 0.1) is 5.52 Å². The van der Waals surface area contributed by atoms with Gasteiger partial charge in [-0.05, 0) is 49.6 Å². The summed E-state index contributed by atoms with van der Waals surface area (Å²) in [4.78, 5) is 7.03. The first-order valence-electron chi connectivity index (χ1n) is 7.71. The number of hydrogen-bond acceptors (Lipinski definition) is 3. The third-order valence-corrected chi connectivity index (χ3v) is 4.84. The van der Waals surface area contributed by atoms with Crippen molar-refractivity contribution in [1.29, 1.82) is 0 Å². The highest BCUT2D eigenvalue weighted by atomic mass is 15.2. The molecule has 3 nitrogen and oxygen atoms in total. The van der Waals surface area contributed by atoms with E-state index in [-0.39, 0.29) is 0 Å². The number of nitrogens with zero attached hydrogens (tertiary/aromatic N) is 2. The summed E-state index contributed by atoms with van der Waals surface area (Å²) in [5.41, 5.74) is 2.45. The maximum Gasteiger partial charge on any atom is 0.0702 e. The molecule has 2 unspecified atom stereocenters. The maximum atomic E-state index is 4.38. The van der Waals surface area contributed by atoms with Gasteiger partial charge in [0.2, 0.25) is 0 Å². The summed E-state index contributed by atoms with van der Waals surface area (Å²) in [7, 11) is 0. The zero-order valence-electron chi connectivity index (χ0n) is 11.8. The lowest BCUT2D eigenvalue weighted by Gasteiger charge is -2.21. The van der Waals surface area contributed by atoms with E-state index in [4.69, 9.17) is 0 Å². The van der Waals surface area contributed by atoms with Crippen LogP contribution in [0.4, 0.5) is 0 Å². The van der Waals surface area contributed by atoms with Crippen LogP contribution in [-0.2, 0) is 6.54 Å². The van der Waals surface area contributed by atoms with E-state index in [1.54, 1.807) is 0 Å².